The first-order chi connectivity index (χ1) is 13.3. The van der Waals surface area contributed by atoms with E-state index in [1.165, 1.54) is 4.90 Å². The second kappa shape index (κ2) is 5.89. The van der Waals surface area contributed by atoms with E-state index in [0.29, 0.717) is 23.3 Å². The summed E-state index contributed by atoms with van der Waals surface area (Å²) in [5.41, 5.74) is 0.530. The average molecular weight is 442 g/mol. The Labute approximate surface area is 171 Å². The fourth-order valence-electron chi connectivity index (χ4n) is 5.04. The van der Waals surface area contributed by atoms with Crippen molar-refractivity contribution in [2.45, 2.75) is 18.2 Å². The molecule has 2 fully saturated rings. The van der Waals surface area contributed by atoms with Gasteiger partial charge >= 0.3 is 5.97 Å². The number of amides is 2. The Balaban J connectivity index is 1.40. The summed E-state index contributed by atoms with van der Waals surface area (Å²) in [6.45, 7) is 3.41. The van der Waals surface area contributed by atoms with E-state index in [1.54, 1.807) is 38.1 Å². The molecule has 6 unspecified atom stereocenters. The number of nitrogens with zero attached hydrogens (tertiary/aromatic N) is 1. The van der Waals surface area contributed by atoms with E-state index in [4.69, 9.17) is 4.74 Å². The first kappa shape index (κ1) is 17.9. The number of allylic oxidation sites excluding steroid dienone is 4. The number of carbonyl (C=O) groups is 3. The molecule has 1 heterocycles. The topological polar surface area (TPSA) is 63.7 Å². The second-order valence-electron chi connectivity index (χ2n) is 8.50. The molecule has 4 aliphatic carbocycles. The quantitative estimate of drug-likeness (QED) is 0.236. The highest BCUT2D eigenvalue weighted by atomic mass is 79.9. The van der Waals surface area contributed by atoms with Crippen LogP contribution in [0.15, 0.2) is 48.6 Å². The molecule has 0 aromatic heterocycles. The first-order valence-electron chi connectivity index (χ1n) is 9.53. The van der Waals surface area contributed by atoms with Crippen molar-refractivity contribution in [2.75, 3.05) is 4.90 Å². The number of hydrogen-bond donors (Lipinski definition) is 0. The van der Waals surface area contributed by atoms with E-state index < -0.39 is 10.3 Å². The van der Waals surface area contributed by atoms with E-state index in [2.05, 4.69) is 40.2 Å². The van der Waals surface area contributed by atoms with Crippen LogP contribution in [0, 0.1) is 35.5 Å². The Morgan fingerprint density at radius 1 is 0.893 bits per heavy atom. The third-order valence-electron chi connectivity index (χ3n) is 6.46. The van der Waals surface area contributed by atoms with Crippen LogP contribution in [0.2, 0.25) is 0 Å². The molecule has 1 saturated carbocycles. The predicted molar refractivity (Wildman–Crippen MR) is 107 cm³/mol. The molecule has 0 radical (unpaired) electrons. The van der Waals surface area contributed by atoms with Gasteiger partial charge in [0.2, 0.25) is 11.8 Å². The van der Waals surface area contributed by atoms with Crippen LogP contribution in [0.4, 0.5) is 5.69 Å². The van der Waals surface area contributed by atoms with Crippen LogP contribution in [-0.2, 0) is 14.4 Å². The molecule has 1 saturated heterocycles. The summed E-state index contributed by atoms with van der Waals surface area (Å²) in [5.74, 6) is 0.233. The van der Waals surface area contributed by atoms with Crippen molar-refractivity contribution >= 4 is 39.4 Å². The third-order valence-corrected chi connectivity index (χ3v) is 6.79. The first-order valence-corrected chi connectivity index (χ1v) is 10.3. The summed E-state index contributed by atoms with van der Waals surface area (Å²) < 4.78 is 4.54. The zero-order valence-corrected chi connectivity index (χ0v) is 17.1. The molecule has 1 aromatic rings. The van der Waals surface area contributed by atoms with Crippen LogP contribution in [0.3, 0.4) is 0 Å². The van der Waals surface area contributed by atoms with Crippen LogP contribution in [-0.4, -0.2) is 22.1 Å². The molecule has 1 aromatic carbocycles. The molecule has 6 atom stereocenters. The number of anilines is 1. The molecule has 1 aliphatic heterocycles. The minimum absolute atomic E-state index is 0.112. The molecule has 144 valence electrons. The minimum Gasteiger partial charge on any atom is -0.426 e. The van der Waals surface area contributed by atoms with Crippen LogP contribution in [0.1, 0.15) is 13.8 Å². The molecule has 6 rings (SSSR count). The van der Waals surface area contributed by atoms with Gasteiger partial charge in [0, 0.05) is 0 Å². The third kappa shape index (κ3) is 2.40. The van der Waals surface area contributed by atoms with Gasteiger partial charge in [-0.3, -0.25) is 19.3 Å². The summed E-state index contributed by atoms with van der Waals surface area (Å²) in [5, 5.41) is 0. The van der Waals surface area contributed by atoms with Gasteiger partial charge in [0.25, 0.3) is 0 Å². The number of halogens is 1. The number of esters is 1. The highest BCUT2D eigenvalue weighted by Crippen LogP contribution is 2.59. The lowest BCUT2D eigenvalue weighted by atomic mass is 9.50. The number of carbonyl (C=O) groups excluding carboxylic acids is 3. The average Bonchev–Trinajstić information content (AvgIpc) is 2.87. The SMILES string of the molecule is CC(C)(Br)C(=O)Oc1ccc(N2C(=O)C3C4C=CC(C5C=CC54)C3C2=O)cc1. The molecule has 0 spiro atoms. The Morgan fingerprint density at radius 2 is 1.36 bits per heavy atom. The standard InChI is InChI=1S/C22H20BrNO4/c1-22(2,23)21(27)28-12-5-3-11(4-6-12)24-19(25)17-15-9-10-16(18(17)20(24)26)14-8-7-13(14)15/h3-10,13-18H,1-2H3. The van der Waals surface area contributed by atoms with Crippen molar-refractivity contribution in [3.05, 3.63) is 48.6 Å². The van der Waals surface area contributed by atoms with Gasteiger partial charge in [0.05, 0.1) is 17.5 Å². The van der Waals surface area contributed by atoms with Gasteiger partial charge in [-0.25, -0.2) is 0 Å². The van der Waals surface area contributed by atoms with E-state index in [0.717, 1.165) is 0 Å². The Hall–Kier alpha value is -2.21. The van der Waals surface area contributed by atoms with Gasteiger partial charge in [-0.15, -0.1) is 0 Å². The van der Waals surface area contributed by atoms with Gasteiger partial charge < -0.3 is 4.74 Å². The van der Waals surface area contributed by atoms with Crippen LogP contribution in [0.5, 0.6) is 5.75 Å². The van der Waals surface area contributed by atoms with Crippen molar-refractivity contribution in [2.24, 2.45) is 35.5 Å². The number of imide groups is 1. The number of ether oxygens (including phenoxy) is 1. The maximum absolute atomic E-state index is 13.2. The fourth-order valence-corrected chi connectivity index (χ4v) is 5.12. The molecular weight excluding hydrogens is 422 g/mol. The Kier molecular flexibility index (Phi) is 3.76. The molecule has 0 N–H and O–H groups in total. The summed E-state index contributed by atoms with van der Waals surface area (Å²) in [4.78, 5) is 39.7. The largest absolute Gasteiger partial charge is 0.426 e. The molecular formula is C22H20BrNO4. The van der Waals surface area contributed by atoms with Crippen molar-refractivity contribution in [1.29, 1.82) is 0 Å². The van der Waals surface area contributed by atoms with Crippen LogP contribution in [0.25, 0.3) is 0 Å². The summed E-state index contributed by atoms with van der Waals surface area (Å²) in [6.07, 6.45) is 8.62. The monoisotopic (exact) mass is 441 g/mol. The minimum atomic E-state index is -0.790. The van der Waals surface area contributed by atoms with Gasteiger partial charge in [0.15, 0.2) is 0 Å². The summed E-state index contributed by atoms with van der Waals surface area (Å²) in [6, 6.07) is 6.57. The fraction of sp³-hybridized carbons (Fsp3) is 0.409. The smallest absolute Gasteiger partial charge is 0.327 e. The molecule has 2 bridgehead atoms. The number of alkyl halides is 1. The lowest BCUT2D eigenvalue weighted by Gasteiger charge is -2.51. The molecule has 5 aliphatic rings. The molecule has 5 nitrogen and oxygen atoms in total. The molecule has 6 heteroatoms. The number of rotatable bonds is 3. The van der Waals surface area contributed by atoms with Crippen LogP contribution < -0.4 is 9.64 Å². The highest BCUT2D eigenvalue weighted by molar-refractivity contribution is 9.10. The summed E-state index contributed by atoms with van der Waals surface area (Å²) in [7, 11) is 0. The Bertz CT molecular complexity index is 902. The zero-order valence-electron chi connectivity index (χ0n) is 15.5. The van der Waals surface area contributed by atoms with Crippen molar-refractivity contribution < 1.29 is 19.1 Å². The molecule has 2 amide bonds. The Morgan fingerprint density at radius 3 is 1.79 bits per heavy atom. The van der Waals surface area contributed by atoms with Gasteiger partial charge in [-0.1, -0.05) is 40.2 Å². The lowest BCUT2D eigenvalue weighted by Crippen LogP contribution is -2.50. The highest BCUT2D eigenvalue weighted by Gasteiger charge is 2.62. The maximum atomic E-state index is 13.2. The maximum Gasteiger partial charge on any atom is 0.327 e. The van der Waals surface area contributed by atoms with E-state index in [1.807, 2.05) is 0 Å². The predicted octanol–water partition coefficient (Wildman–Crippen LogP) is 3.49. The van der Waals surface area contributed by atoms with Gasteiger partial charge in [0.1, 0.15) is 10.1 Å². The van der Waals surface area contributed by atoms with Gasteiger partial charge in [-0.05, 0) is 61.8 Å². The van der Waals surface area contributed by atoms with E-state index >= 15 is 0 Å². The second-order valence-corrected chi connectivity index (χ2v) is 10.5. The van der Waals surface area contributed by atoms with Crippen LogP contribution >= 0.6 is 15.9 Å². The number of hydrogen-bond acceptors (Lipinski definition) is 4. The van der Waals surface area contributed by atoms with Crippen molar-refractivity contribution in [1.82, 2.24) is 0 Å². The van der Waals surface area contributed by atoms with Gasteiger partial charge in [-0.2, -0.15) is 0 Å². The van der Waals surface area contributed by atoms with Crippen molar-refractivity contribution in [3.63, 3.8) is 0 Å². The van der Waals surface area contributed by atoms with Crippen molar-refractivity contribution in [3.8, 4) is 5.75 Å². The number of benzene rings is 1. The lowest BCUT2D eigenvalue weighted by molar-refractivity contribution is -0.136. The normalized spacial score (nSPS) is 34.9. The molecule has 28 heavy (non-hydrogen) atoms. The van der Waals surface area contributed by atoms with E-state index in [-0.39, 0.29) is 35.5 Å². The summed E-state index contributed by atoms with van der Waals surface area (Å²) >= 11 is 3.27. The zero-order chi connectivity index (χ0) is 19.8. The van der Waals surface area contributed by atoms with E-state index in [9.17, 15) is 14.4 Å².